The summed E-state index contributed by atoms with van der Waals surface area (Å²) >= 11 is 0. The number of rotatable bonds is 5. The lowest BCUT2D eigenvalue weighted by atomic mass is 10.1. The number of hydrogen-bond acceptors (Lipinski definition) is 3. The Kier molecular flexibility index (Phi) is 4.78. The first-order valence-electron chi connectivity index (χ1n) is 6.15. The van der Waals surface area contributed by atoms with Crippen LogP contribution in [-0.2, 0) is 9.84 Å². The van der Waals surface area contributed by atoms with Crippen LogP contribution < -0.4 is 11.1 Å². The second-order valence-corrected chi connectivity index (χ2v) is 7.58. The van der Waals surface area contributed by atoms with Gasteiger partial charge in [-0.3, -0.25) is 4.99 Å². The van der Waals surface area contributed by atoms with Gasteiger partial charge in [0.2, 0.25) is 0 Å². The normalized spacial score (nSPS) is 19.8. The number of hydrogen-bond donors (Lipinski definition) is 2. The molecule has 104 valence electrons. The zero-order valence-corrected chi connectivity index (χ0v) is 12.0. The molecule has 0 bridgehead atoms. The van der Waals surface area contributed by atoms with Gasteiger partial charge in [0.1, 0.15) is 0 Å². The van der Waals surface area contributed by atoms with Crippen LogP contribution in [-0.4, -0.2) is 38.5 Å². The standard InChI is InChI=1S/C12H23N3O2S/c1-10(2)8-14-11(13)15-9-12(18(3,16)17)6-4-5-7-12/h1,4-9H2,2-3H3,(H3,13,14,15). The summed E-state index contributed by atoms with van der Waals surface area (Å²) in [5.74, 6) is 0.285. The van der Waals surface area contributed by atoms with Crippen molar-refractivity contribution in [3.05, 3.63) is 12.2 Å². The molecule has 0 heterocycles. The average molecular weight is 273 g/mol. The summed E-state index contributed by atoms with van der Waals surface area (Å²) < 4.78 is 23.1. The Morgan fingerprint density at radius 3 is 2.44 bits per heavy atom. The van der Waals surface area contributed by atoms with E-state index in [1.807, 2.05) is 6.92 Å². The molecule has 0 spiro atoms. The summed E-state index contributed by atoms with van der Waals surface area (Å²) in [5.41, 5.74) is 6.66. The molecular formula is C12H23N3O2S. The van der Waals surface area contributed by atoms with Crippen LogP contribution in [0.25, 0.3) is 0 Å². The molecule has 1 aliphatic carbocycles. The fourth-order valence-electron chi connectivity index (χ4n) is 2.19. The van der Waals surface area contributed by atoms with Gasteiger partial charge in [-0.1, -0.05) is 25.0 Å². The molecule has 1 rings (SSSR count). The molecule has 0 aromatic rings. The first kappa shape index (κ1) is 15.0. The summed E-state index contributed by atoms with van der Waals surface area (Å²) in [6.45, 7) is 6.44. The van der Waals surface area contributed by atoms with Crippen molar-refractivity contribution in [3.63, 3.8) is 0 Å². The lowest BCUT2D eigenvalue weighted by molar-refractivity contribution is 0.520. The number of aliphatic imine (C=N–C) groups is 1. The molecule has 3 N–H and O–H groups in total. The minimum absolute atomic E-state index is 0.251. The molecule has 0 aromatic carbocycles. The Hall–Kier alpha value is -1.04. The minimum atomic E-state index is -3.10. The molecule has 5 nitrogen and oxygen atoms in total. The largest absolute Gasteiger partial charge is 0.370 e. The van der Waals surface area contributed by atoms with Crippen molar-refractivity contribution in [1.82, 2.24) is 5.32 Å². The van der Waals surface area contributed by atoms with E-state index in [9.17, 15) is 8.42 Å². The summed E-state index contributed by atoms with van der Waals surface area (Å²) in [7, 11) is -3.10. The van der Waals surface area contributed by atoms with Crippen LogP contribution in [0.5, 0.6) is 0 Å². The maximum atomic E-state index is 11.9. The predicted molar refractivity (Wildman–Crippen MR) is 75.3 cm³/mol. The van der Waals surface area contributed by atoms with Crippen molar-refractivity contribution in [3.8, 4) is 0 Å². The molecule has 0 aliphatic heterocycles. The van der Waals surface area contributed by atoms with Gasteiger partial charge >= 0.3 is 0 Å². The summed E-state index contributed by atoms with van der Waals surface area (Å²) in [6, 6.07) is 0. The molecule has 0 radical (unpaired) electrons. The van der Waals surface area contributed by atoms with E-state index in [0.717, 1.165) is 18.4 Å². The van der Waals surface area contributed by atoms with Gasteiger partial charge in [0, 0.05) is 12.8 Å². The topological polar surface area (TPSA) is 84.5 Å². The zero-order valence-electron chi connectivity index (χ0n) is 11.2. The Labute approximate surface area is 109 Å². The highest BCUT2D eigenvalue weighted by atomic mass is 32.2. The second-order valence-electron chi connectivity index (χ2n) is 5.17. The molecule has 1 fully saturated rings. The van der Waals surface area contributed by atoms with Gasteiger partial charge in [0.05, 0.1) is 11.3 Å². The van der Waals surface area contributed by atoms with E-state index in [2.05, 4.69) is 16.9 Å². The lowest BCUT2D eigenvalue weighted by Gasteiger charge is -2.24. The SMILES string of the molecule is C=C(C)CNC(N)=NCC1(S(C)(=O)=O)CCCC1. The third-order valence-electron chi connectivity index (χ3n) is 3.41. The minimum Gasteiger partial charge on any atom is -0.370 e. The maximum Gasteiger partial charge on any atom is 0.188 e. The summed E-state index contributed by atoms with van der Waals surface area (Å²) in [6.07, 6.45) is 4.56. The average Bonchev–Trinajstić information content (AvgIpc) is 2.72. The Morgan fingerprint density at radius 2 is 2.00 bits per heavy atom. The molecule has 0 aromatic heterocycles. The first-order valence-corrected chi connectivity index (χ1v) is 8.04. The monoisotopic (exact) mass is 273 g/mol. The number of nitrogens with two attached hydrogens (primary N) is 1. The Morgan fingerprint density at radius 1 is 1.44 bits per heavy atom. The van der Waals surface area contributed by atoms with Gasteiger partial charge in [-0.25, -0.2) is 8.42 Å². The molecule has 0 unspecified atom stereocenters. The van der Waals surface area contributed by atoms with E-state index in [-0.39, 0.29) is 12.5 Å². The van der Waals surface area contributed by atoms with Crippen LogP contribution in [0.1, 0.15) is 32.6 Å². The molecule has 1 saturated carbocycles. The van der Waals surface area contributed by atoms with Crippen molar-refractivity contribution in [2.45, 2.75) is 37.4 Å². The highest BCUT2D eigenvalue weighted by Gasteiger charge is 2.43. The van der Waals surface area contributed by atoms with Crippen molar-refractivity contribution in [2.24, 2.45) is 10.7 Å². The van der Waals surface area contributed by atoms with Crippen molar-refractivity contribution < 1.29 is 8.42 Å². The Balaban J connectivity index is 2.69. The van der Waals surface area contributed by atoms with E-state index >= 15 is 0 Å². The lowest BCUT2D eigenvalue weighted by Crippen LogP contribution is -2.40. The van der Waals surface area contributed by atoms with Crippen LogP contribution >= 0.6 is 0 Å². The summed E-state index contributed by atoms with van der Waals surface area (Å²) in [4.78, 5) is 4.18. The quantitative estimate of drug-likeness (QED) is 0.441. The van der Waals surface area contributed by atoms with Crippen LogP contribution in [0.3, 0.4) is 0 Å². The summed E-state index contributed by atoms with van der Waals surface area (Å²) in [5, 5.41) is 2.91. The van der Waals surface area contributed by atoms with E-state index in [1.54, 1.807) is 0 Å². The number of nitrogens with zero attached hydrogens (tertiary/aromatic N) is 1. The molecule has 0 amide bonds. The van der Waals surface area contributed by atoms with Gasteiger partial charge < -0.3 is 11.1 Å². The molecule has 18 heavy (non-hydrogen) atoms. The number of nitrogens with one attached hydrogen (secondary N) is 1. The second kappa shape index (κ2) is 5.73. The van der Waals surface area contributed by atoms with Gasteiger partial charge in [0.25, 0.3) is 0 Å². The van der Waals surface area contributed by atoms with E-state index in [1.165, 1.54) is 6.26 Å². The zero-order chi connectivity index (χ0) is 13.8. The van der Waals surface area contributed by atoms with Crippen molar-refractivity contribution in [1.29, 1.82) is 0 Å². The van der Waals surface area contributed by atoms with Crippen LogP contribution in [0.4, 0.5) is 0 Å². The van der Waals surface area contributed by atoms with Gasteiger partial charge in [-0.05, 0) is 19.8 Å². The highest BCUT2D eigenvalue weighted by Crippen LogP contribution is 2.36. The molecule has 0 saturated heterocycles. The van der Waals surface area contributed by atoms with Gasteiger partial charge in [-0.15, -0.1) is 0 Å². The van der Waals surface area contributed by atoms with Crippen LogP contribution in [0.2, 0.25) is 0 Å². The smallest absolute Gasteiger partial charge is 0.188 e. The van der Waals surface area contributed by atoms with Crippen LogP contribution in [0.15, 0.2) is 17.1 Å². The highest BCUT2D eigenvalue weighted by molar-refractivity contribution is 7.92. The molecule has 0 atom stereocenters. The van der Waals surface area contributed by atoms with E-state index in [4.69, 9.17) is 5.73 Å². The van der Waals surface area contributed by atoms with Gasteiger partial charge in [-0.2, -0.15) is 0 Å². The fraction of sp³-hybridized carbons (Fsp3) is 0.750. The fourth-order valence-corrected chi connectivity index (χ4v) is 3.52. The van der Waals surface area contributed by atoms with Crippen molar-refractivity contribution in [2.75, 3.05) is 19.3 Å². The van der Waals surface area contributed by atoms with E-state index < -0.39 is 14.6 Å². The third-order valence-corrected chi connectivity index (χ3v) is 5.52. The number of sulfone groups is 1. The van der Waals surface area contributed by atoms with E-state index in [0.29, 0.717) is 19.4 Å². The Bertz CT molecular complexity index is 434. The number of guanidine groups is 1. The molecular weight excluding hydrogens is 250 g/mol. The molecule has 6 heteroatoms. The van der Waals surface area contributed by atoms with Gasteiger partial charge in [0.15, 0.2) is 15.8 Å². The molecule has 1 aliphatic rings. The third kappa shape index (κ3) is 3.73. The predicted octanol–water partition coefficient (Wildman–Crippen LogP) is 0.824. The first-order chi connectivity index (χ1) is 8.27. The maximum absolute atomic E-state index is 11.9. The van der Waals surface area contributed by atoms with Crippen molar-refractivity contribution >= 4 is 15.8 Å². The van der Waals surface area contributed by atoms with Crippen LogP contribution in [0, 0.1) is 0 Å².